The maximum atomic E-state index is 10.6. The molecule has 0 aliphatic carbocycles. The summed E-state index contributed by atoms with van der Waals surface area (Å²) in [5.41, 5.74) is 9.06. The summed E-state index contributed by atoms with van der Waals surface area (Å²) in [6, 6.07) is 5.27. The van der Waals surface area contributed by atoms with E-state index < -0.39 is 6.03 Å². The Labute approximate surface area is 118 Å². The number of carbonyl (C=O) groups is 1. The largest absolute Gasteiger partial charge is 0.496 e. The quantitative estimate of drug-likeness (QED) is 0.648. The van der Waals surface area contributed by atoms with Crippen LogP contribution in [0.15, 0.2) is 23.3 Å². The van der Waals surface area contributed by atoms with Crippen molar-refractivity contribution in [1.82, 2.24) is 5.43 Å². The SMILES string of the molecule is COc1cc(N2CCCCC2)ccc1/C=N\NC(N)=O. The molecule has 0 bridgehead atoms. The van der Waals surface area contributed by atoms with Crippen molar-refractivity contribution in [2.24, 2.45) is 10.8 Å². The van der Waals surface area contributed by atoms with Crippen LogP contribution in [0.2, 0.25) is 0 Å². The van der Waals surface area contributed by atoms with Crippen LogP contribution in [-0.2, 0) is 0 Å². The number of ether oxygens (including phenoxy) is 1. The van der Waals surface area contributed by atoms with Crippen LogP contribution in [0.4, 0.5) is 10.5 Å². The summed E-state index contributed by atoms with van der Waals surface area (Å²) >= 11 is 0. The van der Waals surface area contributed by atoms with E-state index in [2.05, 4.69) is 15.4 Å². The highest BCUT2D eigenvalue weighted by molar-refractivity contribution is 5.85. The number of hydrogen-bond acceptors (Lipinski definition) is 4. The van der Waals surface area contributed by atoms with E-state index in [9.17, 15) is 4.79 Å². The van der Waals surface area contributed by atoms with Gasteiger partial charge in [0.2, 0.25) is 0 Å². The van der Waals surface area contributed by atoms with Crippen LogP contribution in [0.1, 0.15) is 24.8 Å². The molecule has 2 rings (SSSR count). The Morgan fingerprint density at radius 2 is 2.15 bits per heavy atom. The van der Waals surface area contributed by atoms with Gasteiger partial charge in [-0.15, -0.1) is 0 Å². The molecule has 20 heavy (non-hydrogen) atoms. The van der Waals surface area contributed by atoms with Crippen LogP contribution in [0.5, 0.6) is 5.75 Å². The maximum Gasteiger partial charge on any atom is 0.332 e. The van der Waals surface area contributed by atoms with E-state index in [1.807, 2.05) is 18.2 Å². The summed E-state index contributed by atoms with van der Waals surface area (Å²) in [7, 11) is 1.62. The lowest BCUT2D eigenvalue weighted by molar-refractivity contribution is 0.249. The molecule has 1 saturated heterocycles. The number of carbonyl (C=O) groups excluding carboxylic acids is 1. The van der Waals surface area contributed by atoms with Gasteiger partial charge in [-0.3, -0.25) is 0 Å². The third kappa shape index (κ3) is 3.63. The molecule has 0 unspecified atom stereocenters. The van der Waals surface area contributed by atoms with Gasteiger partial charge in [0.15, 0.2) is 0 Å². The number of piperidine rings is 1. The second-order valence-electron chi connectivity index (χ2n) is 4.71. The van der Waals surface area contributed by atoms with Crippen molar-refractivity contribution in [2.75, 3.05) is 25.1 Å². The van der Waals surface area contributed by atoms with Crippen LogP contribution in [0.3, 0.4) is 0 Å². The van der Waals surface area contributed by atoms with Crippen molar-refractivity contribution >= 4 is 17.9 Å². The molecule has 1 aliphatic rings. The summed E-state index contributed by atoms with van der Waals surface area (Å²) in [5, 5.41) is 3.75. The molecule has 6 nitrogen and oxygen atoms in total. The van der Waals surface area contributed by atoms with Crippen molar-refractivity contribution < 1.29 is 9.53 Å². The zero-order valence-electron chi connectivity index (χ0n) is 11.6. The zero-order valence-corrected chi connectivity index (χ0v) is 11.6. The molecular weight excluding hydrogens is 256 g/mol. The minimum atomic E-state index is -0.690. The zero-order chi connectivity index (χ0) is 14.4. The molecule has 1 fully saturated rings. The molecule has 0 radical (unpaired) electrons. The van der Waals surface area contributed by atoms with Gasteiger partial charge in [0.1, 0.15) is 5.75 Å². The molecule has 0 atom stereocenters. The van der Waals surface area contributed by atoms with Gasteiger partial charge in [0.25, 0.3) is 0 Å². The van der Waals surface area contributed by atoms with Crippen LogP contribution < -0.4 is 20.8 Å². The van der Waals surface area contributed by atoms with Crippen molar-refractivity contribution in [2.45, 2.75) is 19.3 Å². The molecular formula is C14H20N4O2. The Morgan fingerprint density at radius 1 is 1.40 bits per heavy atom. The average Bonchev–Trinajstić information content (AvgIpc) is 2.48. The fraction of sp³-hybridized carbons (Fsp3) is 0.429. The van der Waals surface area contributed by atoms with E-state index >= 15 is 0 Å². The van der Waals surface area contributed by atoms with E-state index in [4.69, 9.17) is 10.5 Å². The molecule has 3 N–H and O–H groups in total. The molecule has 6 heteroatoms. The van der Waals surface area contributed by atoms with E-state index in [1.165, 1.54) is 25.5 Å². The summed E-state index contributed by atoms with van der Waals surface area (Å²) in [6.45, 7) is 2.17. The Bertz CT molecular complexity index is 496. The summed E-state index contributed by atoms with van der Waals surface area (Å²) in [6.07, 6.45) is 5.28. The summed E-state index contributed by atoms with van der Waals surface area (Å²) in [5.74, 6) is 0.725. The Morgan fingerprint density at radius 3 is 2.80 bits per heavy atom. The highest BCUT2D eigenvalue weighted by Gasteiger charge is 2.12. The monoisotopic (exact) mass is 276 g/mol. The van der Waals surface area contributed by atoms with Gasteiger partial charge in [-0.05, 0) is 31.4 Å². The highest BCUT2D eigenvalue weighted by atomic mass is 16.5. The number of hydrogen-bond donors (Lipinski definition) is 2. The van der Waals surface area contributed by atoms with Gasteiger partial charge in [0.05, 0.1) is 13.3 Å². The van der Waals surface area contributed by atoms with Gasteiger partial charge in [-0.2, -0.15) is 5.10 Å². The van der Waals surface area contributed by atoms with Gasteiger partial charge in [0, 0.05) is 30.4 Å². The molecule has 0 saturated carbocycles. The van der Waals surface area contributed by atoms with Gasteiger partial charge < -0.3 is 15.4 Å². The second kappa shape index (κ2) is 6.79. The molecule has 1 heterocycles. The summed E-state index contributed by atoms with van der Waals surface area (Å²) < 4.78 is 5.37. The lowest BCUT2D eigenvalue weighted by Crippen LogP contribution is -2.29. The number of nitrogens with one attached hydrogen (secondary N) is 1. The predicted octanol–water partition coefficient (Wildman–Crippen LogP) is 1.69. The summed E-state index contributed by atoms with van der Waals surface area (Å²) in [4.78, 5) is 12.9. The van der Waals surface area contributed by atoms with Crippen LogP contribution in [0, 0.1) is 0 Å². The van der Waals surface area contributed by atoms with Crippen LogP contribution in [-0.4, -0.2) is 32.4 Å². The van der Waals surface area contributed by atoms with E-state index in [0.29, 0.717) is 0 Å². The fourth-order valence-corrected chi connectivity index (χ4v) is 2.32. The van der Waals surface area contributed by atoms with E-state index in [0.717, 1.165) is 30.1 Å². The average molecular weight is 276 g/mol. The number of anilines is 1. The topological polar surface area (TPSA) is 79.9 Å². The number of benzene rings is 1. The molecule has 0 spiro atoms. The number of amides is 2. The third-order valence-electron chi connectivity index (χ3n) is 3.32. The Balaban J connectivity index is 2.14. The van der Waals surface area contributed by atoms with Gasteiger partial charge in [-0.25, -0.2) is 10.2 Å². The molecule has 1 aromatic carbocycles. The lowest BCUT2D eigenvalue weighted by Gasteiger charge is -2.29. The third-order valence-corrected chi connectivity index (χ3v) is 3.32. The Kier molecular flexibility index (Phi) is 4.81. The molecule has 108 valence electrons. The predicted molar refractivity (Wildman–Crippen MR) is 79.4 cm³/mol. The first-order valence-electron chi connectivity index (χ1n) is 6.72. The number of hydrazone groups is 1. The minimum absolute atomic E-state index is 0.690. The van der Waals surface area contributed by atoms with E-state index in [-0.39, 0.29) is 0 Å². The minimum Gasteiger partial charge on any atom is -0.496 e. The molecule has 1 aromatic rings. The van der Waals surface area contributed by atoms with Crippen molar-refractivity contribution in [3.8, 4) is 5.75 Å². The first-order chi connectivity index (χ1) is 9.70. The van der Waals surface area contributed by atoms with Crippen LogP contribution >= 0.6 is 0 Å². The molecule has 2 amide bonds. The smallest absolute Gasteiger partial charge is 0.332 e. The molecule has 0 aromatic heterocycles. The Hall–Kier alpha value is -2.24. The number of methoxy groups -OCH3 is 1. The van der Waals surface area contributed by atoms with Crippen molar-refractivity contribution in [3.63, 3.8) is 0 Å². The number of nitrogens with two attached hydrogens (primary N) is 1. The fourth-order valence-electron chi connectivity index (χ4n) is 2.32. The van der Waals surface area contributed by atoms with Gasteiger partial charge in [-0.1, -0.05) is 0 Å². The number of primary amides is 1. The highest BCUT2D eigenvalue weighted by Crippen LogP contribution is 2.26. The van der Waals surface area contributed by atoms with Gasteiger partial charge >= 0.3 is 6.03 Å². The normalized spacial score (nSPS) is 15.3. The van der Waals surface area contributed by atoms with E-state index in [1.54, 1.807) is 7.11 Å². The number of nitrogens with zero attached hydrogens (tertiary/aromatic N) is 2. The standard InChI is InChI=1S/C14H20N4O2/c1-20-13-9-12(18-7-3-2-4-8-18)6-5-11(13)10-16-17-14(15)19/h5-6,9-10H,2-4,7-8H2,1H3,(H3,15,17,19)/b16-10-. The van der Waals surface area contributed by atoms with Crippen LogP contribution in [0.25, 0.3) is 0 Å². The lowest BCUT2D eigenvalue weighted by atomic mass is 10.1. The maximum absolute atomic E-state index is 10.6. The van der Waals surface area contributed by atoms with Crippen molar-refractivity contribution in [1.29, 1.82) is 0 Å². The first-order valence-corrected chi connectivity index (χ1v) is 6.72. The first kappa shape index (κ1) is 14.2. The second-order valence-corrected chi connectivity index (χ2v) is 4.71. The molecule has 1 aliphatic heterocycles. The number of rotatable bonds is 4. The number of urea groups is 1. The van der Waals surface area contributed by atoms with Crippen molar-refractivity contribution in [3.05, 3.63) is 23.8 Å².